The van der Waals surface area contributed by atoms with Gasteiger partial charge in [0, 0.05) is 25.2 Å². The zero-order valence-electron chi connectivity index (χ0n) is 10.9. The van der Waals surface area contributed by atoms with Crippen LogP contribution in [0.15, 0.2) is 28.9 Å². The Balaban J connectivity index is 2.25. The topological polar surface area (TPSA) is 38.0 Å². The van der Waals surface area contributed by atoms with Crippen molar-refractivity contribution in [3.05, 3.63) is 51.5 Å². The highest BCUT2D eigenvalue weighted by atomic mass is 79.9. The van der Waals surface area contributed by atoms with Crippen molar-refractivity contribution in [3.63, 3.8) is 0 Å². The van der Waals surface area contributed by atoms with Gasteiger partial charge in [-0.15, -0.1) is 0 Å². The fourth-order valence-electron chi connectivity index (χ4n) is 2.13. The van der Waals surface area contributed by atoms with E-state index in [9.17, 15) is 9.50 Å². The Morgan fingerprint density at radius 1 is 1.47 bits per heavy atom. The number of rotatable bonds is 4. The minimum Gasteiger partial charge on any atom is -0.388 e. The van der Waals surface area contributed by atoms with E-state index in [0.717, 1.165) is 23.2 Å². The van der Waals surface area contributed by atoms with Crippen LogP contribution in [0.1, 0.15) is 29.8 Å². The van der Waals surface area contributed by atoms with Crippen LogP contribution in [-0.2, 0) is 19.9 Å². The summed E-state index contributed by atoms with van der Waals surface area (Å²) in [4.78, 5) is 0. The first-order valence-electron chi connectivity index (χ1n) is 6.16. The van der Waals surface area contributed by atoms with E-state index in [1.54, 1.807) is 16.8 Å². The molecular weight excluding hydrogens is 311 g/mol. The van der Waals surface area contributed by atoms with E-state index >= 15 is 0 Å². The van der Waals surface area contributed by atoms with Crippen molar-refractivity contribution in [2.45, 2.75) is 25.9 Å². The molecule has 0 aliphatic rings. The highest BCUT2D eigenvalue weighted by Crippen LogP contribution is 2.27. The number of aliphatic hydroxyl groups is 1. The minimum atomic E-state index is -0.679. The Morgan fingerprint density at radius 3 is 2.89 bits per heavy atom. The highest BCUT2D eigenvalue weighted by molar-refractivity contribution is 9.10. The average molecular weight is 327 g/mol. The van der Waals surface area contributed by atoms with Crippen LogP contribution in [0.2, 0.25) is 0 Å². The summed E-state index contributed by atoms with van der Waals surface area (Å²) in [7, 11) is 1.83. The zero-order chi connectivity index (χ0) is 14.0. The van der Waals surface area contributed by atoms with Crippen LogP contribution in [0.3, 0.4) is 0 Å². The second kappa shape index (κ2) is 5.84. The molecule has 5 heteroatoms. The lowest BCUT2D eigenvalue weighted by Crippen LogP contribution is -2.04. The molecule has 0 saturated carbocycles. The van der Waals surface area contributed by atoms with Crippen LogP contribution in [0, 0.1) is 5.82 Å². The number of aromatic nitrogens is 2. The predicted octanol–water partition coefficient (Wildman–Crippen LogP) is 3.16. The van der Waals surface area contributed by atoms with E-state index in [1.807, 2.05) is 20.2 Å². The van der Waals surface area contributed by atoms with Gasteiger partial charge in [-0.05, 0) is 34.0 Å². The first kappa shape index (κ1) is 14.2. The van der Waals surface area contributed by atoms with E-state index in [-0.39, 0.29) is 5.82 Å². The number of aryl methyl sites for hydroxylation is 2. The maximum atomic E-state index is 13.4. The first-order valence-corrected chi connectivity index (χ1v) is 6.95. The van der Waals surface area contributed by atoms with Gasteiger partial charge in [0.2, 0.25) is 0 Å². The summed E-state index contributed by atoms with van der Waals surface area (Å²) >= 11 is 3.22. The summed E-state index contributed by atoms with van der Waals surface area (Å²) in [5.41, 5.74) is 2.43. The van der Waals surface area contributed by atoms with Crippen molar-refractivity contribution in [2.24, 2.45) is 7.05 Å². The van der Waals surface area contributed by atoms with Gasteiger partial charge in [-0.1, -0.05) is 19.1 Å². The SMILES string of the molecule is CCc1nn(C)cc1C(O)Cc1cccc(F)c1Br. The zero-order valence-corrected chi connectivity index (χ0v) is 12.5. The monoisotopic (exact) mass is 326 g/mol. The molecule has 1 N–H and O–H groups in total. The quantitative estimate of drug-likeness (QED) is 0.937. The summed E-state index contributed by atoms with van der Waals surface area (Å²) in [6.45, 7) is 2.00. The van der Waals surface area contributed by atoms with Crippen molar-refractivity contribution in [2.75, 3.05) is 0 Å². The van der Waals surface area contributed by atoms with Crippen molar-refractivity contribution >= 4 is 15.9 Å². The fourth-order valence-corrected chi connectivity index (χ4v) is 2.56. The first-order chi connectivity index (χ1) is 9.02. The molecule has 2 aromatic rings. The summed E-state index contributed by atoms with van der Waals surface area (Å²) in [5.74, 6) is -0.313. The van der Waals surface area contributed by atoms with Gasteiger partial charge in [0.05, 0.1) is 16.3 Å². The summed E-state index contributed by atoms with van der Waals surface area (Å²) in [6.07, 6.45) is 2.26. The molecule has 0 saturated heterocycles. The van der Waals surface area contributed by atoms with Crippen LogP contribution >= 0.6 is 15.9 Å². The molecule has 2 rings (SSSR count). The second-order valence-corrected chi connectivity index (χ2v) is 5.28. The molecule has 0 amide bonds. The number of hydrogen-bond acceptors (Lipinski definition) is 2. The maximum absolute atomic E-state index is 13.4. The molecule has 1 atom stereocenters. The molecule has 1 aromatic carbocycles. The maximum Gasteiger partial charge on any atom is 0.137 e. The molecule has 0 aliphatic carbocycles. The Labute approximate surface area is 120 Å². The van der Waals surface area contributed by atoms with Gasteiger partial charge in [-0.25, -0.2) is 4.39 Å². The Hall–Kier alpha value is -1.20. The third-order valence-electron chi connectivity index (χ3n) is 3.08. The average Bonchev–Trinajstić information content (AvgIpc) is 2.76. The van der Waals surface area contributed by atoms with Gasteiger partial charge >= 0.3 is 0 Å². The minimum absolute atomic E-state index is 0.313. The largest absolute Gasteiger partial charge is 0.388 e. The normalized spacial score (nSPS) is 12.7. The number of benzene rings is 1. The van der Waals surface area contributed by atoms with Gasteiger partial charge in [0.25, 0.3) is 0 Å². The molecule has 1 unspecified atom stereocenters. The smallest absolute Gasteiger partial charge is 0.137 e. The van der Waals surface area contributed by atoms with Crippen molar-refractivity contribution in [3.8, 4) is 0 Å². The summed E-state index contributed by atoms with van der Waals surface area (Å²) in [5, 5.41) is 14.6. The van der Waals surface area contributed by atoms with Gasteiger partial charge in [-0.3, -0.25) is 4.68 Å². The lowest BCUT2D eigenvalue weighted by molar-refractivity contribution is 0.177. The Bertz CT molecular complexity index is 583. The number of nitrogens with zero attached hydrogens (tertiary/aromatic N) is 2. The van der Waals surface area contributed by atoms with Gasteiger partial charge in [-0.2, -0.15) is 5.10 Å². The Kier molecular flexibility index (Phi) is 4.37. The van der Waals surface area contributed by atoms with Crippen LogP contribution in [0.25, 0.3) is 0 Å². The highest BCUT2D eigenvalue weighted by Gasteiger charge is 2.17. The molecule has 19 heavy (non-hydrogen) atoms. The Morgan fingerprint density at radius 2 is 2.21 bits per heavy atom. The number of hydrogen-bond donors (Lipinski definition) is 1. The standard InChI is InChI=1S/C14H16BrFN2O/c1-3-12-10(8-18(2)17-12)13(19)7-9-5-4-6-11(16)14(9)15/h4-6,8,13,19H,3,7H2,1-2H3. The third-order valence-corrected chi connectivity index (χ3v) is 3.96. The van der Waals surface area contributed by atoms with E-state index in [4.69, 9.17) is 0 Å². The van der Waals surface area contributed by atoms with E-state index in [2.05, 4.69) is 21.0 Å². The molecule has 0 aliphatic heterocycles. The number of halogens is 2. The predicted molar refractivity (Wildman–Crippen MR) is 75.3 cm³/mol. The second-order valence-electron chi connectivity index (χ2n) is 4.49. The molecule has 1 aromatic heterocycles. The number of aliphatic hydroxyl groups excluding tert-OH is 1. The van der Waals surface area contributed by atoms with Crippen LogP contribution in [0.4, 0.5) is 4.39 Å². The van der Waals surface area contributed by atoms with E-state index in [1.165, 1.54) is 6.07 Å². The molecule has 0 spiro atoms. The molecule has 0 bridgehead atoms. The van der Waals surface area contributed by atoms with Gasteiger partial charge in [0.15, 0.2) is 0 Å². The molecule has 102 valence electrons. The van der Waals surface area contributed by atoms with Crippen molar-refractivity contribution in [1.29, 1.82) is 0 Å². The summed E-state index contributed by atoms with van der Waals surface area (Å²) in [6, 6.07) is 4.84. The van der Waals surface area contributed by atoms with Crippen molar-refractivity contribution in [1.82, 2.24) is 9.78 Å². The van der Waals surface area contributed by atoms with Crippen molar-refractivity contribution < 1.29 is 9.50 Å². The molecule has 0 radical (unpaired) electrons. The van der Waals surface area contributed by atoms with Crippen LogP contribution < -0.4 is 0 Å². The fraction of sp³-hybridized carbons (Fsp3) is 0.357. The molecule has 1 heterocycles. The molecule has 3 nitrogen and oxygen atoms in total. The third kappa shape index (κ3) is 3.04. The molecular formula is C14H16BrFN2O. The lowest BCUT2D eigenvalue weighted by Gasteiger charge is -2.12. The van der Waals surface area contributed by atoms with Crippen LogP contribution in [0.5, 0.6) is 0 Å². The molecule has 0 fully saturated rings. The van der Waals surface area contributed by atoms with E-state index < -0.39 is 6.10 Å². The van der Waals surface area contributed by atoms with Gasteiger partial charge in [0.1, 0.15) is 5.82 Å². The summed E-state index contributed by atoms with van der Waals surface area (Å²) < 4.78 is 15.5. The van der Waals surface area contributed by atoms with E-state index in [0.29, 0.717) is 10.9 Å². The van der Waals surface area contributed by atoms with Gasteiger partial charge < -0.3 is 5.11 Å². The van der Waals surface area contributed by atoms with Crippen LogP contribution in [-0.4, -0.2) is 14.9 Å². The lowest BCUT2D eigenvalue weighted by atomic mass is 10.0.